The summed E-state index contributed by atoms with van der Waals surface area (Å²) < 4.78 is 5.18. The highest BCUT2D eigenvalue weighted by atomic mass is 16.3. The second kappa shape index (κ2) is 7.82. The molecule has 2 aliphatic rings. The first-order chi connectivity index (χ1) is 13.2. The van der Waals surface area contributed by atoms with Gasteiger partial charge in [0.2, 0.25) is 5.91 Å². The number of nitrogens with zero attached hydrogens (tertiary/aromatic N) is 4. The van der Waals surface area contributed by atoms with E-state index in [1.54, 1.807) is 29.4 Å². The monoisotopic (exact) mass is 368 g/mol. The van der Waals surface area contributed by atoms with Crippen molar-refractivity contribution in [3.8, 4) is 0 Å². The summed E-state index contributed by atoms with van der Waals surface area (Å²) in [6.45, 7) is 4.07. The fourth-order valence-electron chi connectivity index (χ4n) is 3.88. The Hall–Kier alpha value is -2.83. The summed E-state index contributed by atoms with van der Waals surface area (Å²) in [7, 11) is 0. The zero-order valence-electron chi connectivity index (χ0n) is 15.3. The van der Waals surface area contributed by atoms with Gasteiger partial charge in [0.15, 0.2) is 5.76 Å². The van der Waals surface area contributed by atoms with Gasteiger partial charge in [0.25, 0.3) is 5.91 Å². The van der Waals surface area contributed by atoms with E-state index in [2.05, 4.69) is 9.88 Å². The number of amides is 2. The quantitative estimate of drug-likeness (QED) is 0.827. The van der Waals surface area contributed by atoms with Gasteiger partial charge in [-0.3, -0.25) is 14.6 Å². The van der Waals surface area contributed by atoms with Crippen LogP contribution in [-0.4, -0.2) is 65.9 Å². The van der Waals surface area contributed by atoms with Gasteiger partial charge in [0.05, 0.1) is 6.26 Å². The average molecular weight is 368 g/mol. The van der Waals surface area contributed by atoms with Gasteiger partial charge in [-0.2, -0.15) is 0 Å². The molecule has 27 heavy (non-hydrogen) atoms. The van der Waals surface area contributed by atoms with Gasteiger partial charge >= 0.3 is 0 Å². The molecule has 0 atom stereocenters. The molecule has 2 aromatic rings. The lowest BCUT2D eigenvalue weighted by Gasteiger charge is -2.38. The summed E-state index contributed by atoms with van der Waals surface area (Å²) in [6.07, 6.45) is 6.84. The summed E-state index contributed by atoms with van der Waals surface area (Å²) in [5.74, 6) is 0.570. The molecule has 0 radical (unpaired) electrons. The van der Waals surface area contributed by atoms with E-state index in [0.717, 1.165) is 25.9 Å². The lowest BCUT2D eigenvalue weighted by atomic mass is 9.94. The molecule has 4 heterocycles. The third-order valence-electron chi connectivity index (χ3n) is 5.48. The maximum absolute atomic E-state index is 12.9. The highest BCUT2D eigenvalue weighted by Crippen LogP contribution is 2.24. The molecule has 2 aromatic heterocycles. The topological polar surface area (TPSA) is 69.9 Å². The minimum Gasteiger partial charge on any atom is -0.459 e. The summed E-state index contributed by atoms with van der Waals surface area (Å²) in [5.41, 5.74) is 1.17. The van der Waals surface area contributed by atoms with Crippen LogP contribution in [0.25, 0.3) is 0 Å². The number of hydrogen-bond donors (Lipinski definition) is 0. The lowest BCUT2D eigenvalue weighted by Crippen LogP contribution is -2.53. The Morgan fingerprint density at radius 2 is 1.59 bits per heavy atom. The molecule has 0 spiro atoms. The number of hydrogen-bond acceptors (Lipinski definition) is 5. The Kier molecular flexibility index (Phi) is 5.09. The second-order valence-electron chi connectivity index (χ2n) is 7.06. The molecule has 2 amide bonds. The Morgan fingerprint density at radius 3 is 2.22 bits per heavy atom. The number of aromatic nitrogens is 1. The van der Waals surface area contributed by atoms with Gasteiger partial charge in [-0.25, -0.2) is 0 Å². The normalized spacial score (nSPS) is 18.6. The molecular weight excluding hydrogens is 344 g/mol. The SMILES string of the molecule is O=C(c1ccco1)N1CCN(C(=O)C2CCN(c3ccncc3)CC2)CC1. The molecule has 0 aliphatic carbocycles. The molecule has 0 bridgehead atoms. The smallest absolute Gasteiger partial charge is 0.289 e. The maximum atomic E-state index is 12.9. The summed E-state index contributed by atoms with van der Waals surface area (Å²) in [6, 6.07) is 7.41. The van der Waals surface area contributed by atoms with Crippen LogP contribution < -0.4 is 4.90 Å². The average Bonchev–Trinajstić information content (AvgIpc) is 3.28. The van der Waals surface area contributed by atoms with Crippen molar-refractivity contribution in [3.05, 3.63) is 48.7 Å². The van der Waals surface area contributed by atoms with E-state index in [1.165, 1.54) is 12.0 Å². The molecule has 0 N–H and O–H groups in total. The van der Waals surface area contributed by atoms with Gasteiger partial charge in [-0.05, 0) is 37.1 Å². The van der Waals surface area contributed by atoms with Crippen molar-refractivity contribution in [1.29, 1.82) is 0 Å². The highest BCUT2D eigenvalue weighted by molar-refractivity contribution is 5.91. The van der Waals surface area contributed by atoms with E-state index in [4.69, 9.17) is 4.42 Å². The van der Waals surface area contributed by atoms with Crippen LogP contribution in [0, 0.1) is 5.92 Å². The number of furan rings is 1. The second-order valence-corrected chi connectivity index (χ2v) is 7.06. The van der Waals surface area contributed by atoms with Gasteiger partial charge in [-0.15, -0.1) is 0 Å². The number of carbonyl (C=O) groups is 2. The first-order valence-corrected chi connectivity index (χ1v) is 9.49. The van der Waals surface area contributed by atoms with Crippen molar-refractivity contribution in [2.24, 2.45) is 5.92 Å². The molecular formula is C20H24N4O3. The van der Waals surface area contributed by atoms with Gasteiger partial charge < -0.3 is 19.1 Å². The van der Waals surface area contributed by atoms with E-state index < -0.39 is 0 Å². The van der Waals surface area contributed by atoms with Gasteiger partial charge in [0.1, 0.15) is 0 Å². The van der Waals surface area contributed by atoms with E-state index in [9.17, 15) is 9.59 Å². The first kappa shape index (κ1) is 17.6. The standard InChI is InChI=1S/C20H24N4O3/c25-19(16-5-9-22(10-6-16)17-3-7-21-8-4-17)23-11-13-24(14-12-23)20(26)18-2-1-15-27-18/h1-4,7-8,15-16H,5-6,9-14H2. The van der Waals surface area contributed by atoms with Crippen LogP contribution in [0.2, 0.25) is 0 Å². The number of pyridine rings is 1. The van der Waals surface area contributed by atoms with Crippen molar-refractivity contribution >= 4 is 17.5 Å². The molecule has 2 aliphatic heterocycles. The largest absolute Gasteiger partial charge is 0.459 e. The minimum atomic E-state index is -0.0993. The van der Waals surface area contributed by atoms with E-state index in [-0.39, 0.29) is 17.7 Å². The first-order valence-electron chi connectivity index (χ1n) is 9.49. The predicted molar refractivity (Wildman–Crippen MR) is 100 cm³/mol. The lowest BCUT2D eigenvalue weighted by molar-refractivity contribution is -0.137. The van der Waals surface area contributed by atoms with Crippen LogP contribution in [0.5, 0.6) is 0 Å². The minimum absolute atomic E-state index is 0.0791. The molecule has 4 rings (SSSR count). The molecule has 7 nitrogen and oxygen atoms in total. The number of piperazine rings is 1. The fraction of sp³-hybridized carbons (Fsp3) is 0.450. The molecule has 7 heteroatoms. The van der Waals surface area contributed by atoms with Crippen LogP contribution in [0.4, 0.5) is 5.69 Å². The van der Waals surface area contributed by atoms with Crippen LogP contribution in [-0.2, 0) is 4.79 Å². The maximum Gasteiger partial charge on any atom is 0.289 e. The summed E-state index contributed by atoms with van der Waals surface area (Å²) >= 11 is 0. The highest BCUT2D eigenvalue weighted by Gasteiger charge is 2.32. The van der Waals surface area contributed by atoms with Gasteiger partial charge in [0, 0.05) is 63.3 Å². The fourth-order valence-corrected chi connectivity index (χ4v) is 3.88. The third kappa shape index (κ3) is 3.82. The van der Waals surface area contributed by atoms with Crippen molar-refractivity contribution < 1.29 is 14.0 Å². The molecule has 0 unspecified atom stereocenters. The molecule has 142 valence electrons. The molecule has 0 saturated carbocycles. The number of piperidine rings is 1. The van der Waals surface area contributed by atoms with Crippen LogP contribution in [0.1, 0.15) is 23.4 Å². The third-order valence-corrected chi connectivity index (χ3v) is 5.48. The van der Waals surface area contributed by atoms with E-state index in [0.29, 0.717) is 31.9 Å². The molecule has 2 fully saturated rings. The van der Waals surface area contributed by atoms with Crippen LogP contribution in [0.15, 0.2) is 47.3 Å². The van der Waals surface area contributed by atoms with E-state index in [1.807, 2.05) is 17.0 Å². The van der Waals surface area contributed by atoms with Gasteiger partial charge in [-0.1, -0.05) is 0 Å². The van der Waals surface area contributed by atoms with Crippen molar-refractivity contribution in [2.45, 2.75) is 12.8 Å². The zero-order valence-corrected chi connectivity index (χ0v) is 15.3. The Morgan fingerprint density at radius 1 is 0.926 bits per heavy atom. The number of rotatable bonds is 3. The Bertz CT molecular complexity index is 762. The van der Waals surface area contributed by atoms with Crippen LogP contribution in [0.3, 0.4) is 0 Å². The number of carbonyl (C=O) groups excluding carboxylic acids is 2. The summed E-state index contributed by atoms with van der Waals surface area (Å²) in [4.78, 5) is 35.2. The van der Waals surface area contributed by atoms with Crippen LogP contribution >= 0.6 is 0 Å². The molecule has 0 aromatic carbocycles. The van der Waals surface area contributed by atoms with Crippen molar-refractivity contribution in [1.82, 2.24) is 14.8 Å². The van der Waals surface area contributed by atoms with E-state index >= 15 is 0 Å². The Balaban J connectivity index is 1.27. The van der Waals surface area contributed by atoms with Crippen molar-refractivity contribution in [3.63, 3.8) is 0 Å². The van der Waals surface area contributed by atoms with Crippen molar-refractivity contribution in [2.75, 3.05) is 44.2 Å². The predicted octanol–water partition coefficient (Wildman–Crippen LogP) is 1.88. The Labute approximate surface area is 158 Å². The zero-order chi connectivity index (χ0) is 18.6. The number of anilines is 1. The summed E-state index contributed by atoms with van der Waals surface area (Å²) in [5, 5.41) is 0. The molecule has 2 saturated heterocycles.